The highest BCUT2D eigenvalue weighted by atomic mass is 16.2. The third-order valence-electron chi connectivity index (χ3n) is 4.24. The summed E-state index contributed by atoms with van der Waals surface area (Å²) in [4.78, 5) is 16.8. The molecule has 2 rings (SSSR count). The number of nitrogens with zero attached hydrogens (tertiary/aromatic N) is 2. The molecule has 1 aromatic rings. The molecule has 0 unspecified atom stereocenters. The predicted octanol–water partition coefficient (Wildman–Crippen LogP) is 2.39. The fraction of sp³-hybridized carbons (Fsp3) is 0.611. The van der Waals surface area contributed by atoms with Crippen molar-refractivity contribution in [3.8, 4) is 0 Å². The second-order valence-electron chi connectivity index (χ2n) is 7.45. The van der Waals surface area contributed by atoms with Gasteiger partial charge in [-0.2, -0.15) is 0 Å². The molecule has 0 saturated carbocycles. The largest absolute Gasteiger partial charge is 0.399 e. The van der Waals surface area contributed by atoms with Crippen LogP contribution in [0.5, 0.6) is 0 Å². The quantitative estimate of drug-likeness (QED) is 0.869. The van der Waals surface area contributed by atoms with E-state index in [2.05, 4.69) is 25.7 Å². The van der Waals surface area contributed by atoms with Gasteiger partial charge in [-0.3, -0.25) is 9.69 Å². The maximum absolute atomic E-state index is 12.4. The summed E-state index contributed by atoms with van der Waals surface area (Å²) in [5.41, 5.74) is 7.83. The number of rotatable bonds is 4. The molecule has 4 nitrogen and oxygen atoms in total. The molecule has 1 aliphatic rings. The Morgan fingerprint density at radius 3 is 2.23 bits per heavy atom. The Morgan fingerprint density at radius 1 is 1.09 bits per heavy atom. The summed E-state index contributed by atoms with van der Waals surface area (Å²) in [6, 6.07) is 7.58. The van der Waals surface area contributed by atoms with E-state index < -0.39 is 0 Å². The van der Waals surface area contributed by atoms with E-state index in [0.717, 1.165) is 44.0 Å². The summed E-state index contributed by atoms with van der Waals surface area (Å²) >= 11 is 0. The van der Waals surface area contributed by atoms with Gasteiger partial charge in [0.1, 0.15) is 0 Å². The molecule has 1 aromatic carbocycles. The van der Waals surface area contributed by atoms with Gasteiger partial charge in [-0.25, -0.2) is 0 Å². The van der Waals surface area contributed by atoms with Gasteiger partial charge in [0, 0.05) is 31.9 Å². The van der Waals surface area contributed by atoms with E-state index in [1.165, 1.54) is 6.42 Å². The second kappa shape index (κ2) is 7.14. The van der Waals surface area contributed by atoms with Gasteiger partial charge in [-0.05, 0) is 36.1 Å². The Morgan fingerprint density at radius 2 is 1.68 bits per heavy atom. The third kappa shape index (κ3) is 5.34. The topological polar surface area (TPSA) is 49.6 Å². The number of carbonyl (C=O) groups is 1. The van der Waals surface area contributed by atoms with Crippen LogP contribution in [0.4, 0.5) is 5.69 Å². The van der Waals surface area contributed by atoms with Gasteiger partial charge in [-0.15, -0.1) is 0 Å². The molecular weight excluding hydrogens is 274 g/mol. The monoisotopic (exact) mass is 303 g/mol. The zero-order chi connectivity index (χ0) is 16.2. The van der Waals surface area contributed by atoms with Crippen molar-refractivity contribution in [1.82, 2.24) is 9.80 Å². The summed E-state index contributed by atoms with van der Waals surface area (Å²) in [6.45, 7) is 11.6. The van der Waals surface area contributed by atoms with E-state index in [0.29, 0.717) is 11.8 Å². The van der Waals surface area contributed by atoms with Crippen molar-refractivity contribution >= 4 is 11.6 Å². The van der Waals surface area contributed by atoms with Crippen molar-refractivity contribution in [3.63, 3.8) is 0 Å². The number of carbonyl (C=O) groups excluding carboxylic acids is 1. The van der Waals surface area contributed by atoms with Crippen molar-refractivity contribution < 1.29 is 4.79 Å². The number of anilines is 1. The Bertz CT molecular complexity index is 482. The van der Waals surface area contributed by atoms with Gasteiger partial charge in [-0.1, -0.05) is 32.9 Å². The van der Waals surface area contributed by atoms with Gasteiger partial charge in [0.05, 0.1) is 6.42 Å². The number of piperazine rings is 1. The first-order valence-electron chi connectivity index (χ1n) is 8.18. The first-order chi connectivity index (χ1) is 10.3. The molecule has 0 aliphatic carbocycles. The Kier molecular flexibility index (Phi) is 5.46. The van der Waals surface area contributed by atoms with E-state index >= 15 is 0 Å². The predicted molar refractivity (Wildman–Crippen MR) is 91.7 cm³/mol. The molecule has 1 aliphatic heterocycles. The number of amides is 1. The molecule has 1 fully saturated rings. The molecule has 1 heterocycles. The molecular formula is C18H29N3O. The van der Waals surface area contributed by atoms with Crippen LogP contribution in [0.15, 0.2) is 24.3 Å². The number of nitrogens with two attached hydrogens (primary N) is 1. The van der Waals surface area contributed by atoms with E-state index in [-0.39, 0.29) is 5.91 Å². The summed E-state index contributed by atoms with van der Waals surface area (Å²) in [7, 11) is 0. The normalized spacial score (nSPS) is 16.8. The van der Waals surface area contributed by atoms with Crippen molar-refractivity contribution in [2.45, 2.75) is 33.6 Å². The molecule has 0 aromatic heterocycles. The maximum Gasteiger partial charge on any atom is 0.227 e. The van der Waals surface area contributed by atoms with Crippen LogP contribution in [0.3, 0.4) is 0 Å². The molecule has 122 valence electrons. The van der Waals surface area contributed by atoms with E-state index in [1.807, 2.05) is 29.2 Å². The number of hydrogen-bond donors (Lipinski definition) is 1. The number of hydrogen-bond acceptors (Lipinski definition) is 3. The van der Waals surface area contributed by atoms with Crippen molar-refractivity contribution in [3.05, 3.63) is 29.8 Å². The number of benzene rings is 1. The van der Waals surface area contributed by atoms with Crippen LogP contribution in [0, 0.1) is 5.41 Å². The van der Waals surface area contributed by atoms with Gasteiger partial charge in [0.25, 0.3) is 0 Å². The lowest BCUT2D eigenvalue weighted by Gasteiger charge is -2.36. The smallest absolute Gasteiger partial charge is 0.227 e. The Hall–Kier alpha value is -1.55. The second-order valence-corrected chi connectivity index (χ2v) is 7.45. The average molecular weight is 303 g/mol. The van der Waals surface area contributed by atoms with E-state index in [4.69, 9.17) is 5.73 Å². The summed E-state index contributed by atoms with van der Waals surface area (Å²) < 4.78 is 0. The molecule has 0 spiro atoms. The molecule has 4 heteroatoms. The molecule has 0 bridgehead atoms. The minimum absolute atomic E-state index is 0.222. The molecule has 0 atom stereocenters. The van der Waals surface area contributed by atoms with Crippen LogP contribution in [0.1, 0.15) is 32.8 Å². The third-order valence-corrected chi connectivity index (χ3v) is 4.24. The fourth-order valence-electron chi connectivity index (χ4n) is 2.64. The zero-order valence-electron chi connectivity index (χ0n) is 14.1. The number of nitrogen functional groups attached to an aromatic ring is 1. The van der Waals surface area contributed by atoms with Crippen LogP contribution in [-0.4, -0.2) is 48.4 Å². The van der Waals surface area contributed by atoms with Crippen molar-refractivity contribution in [2.75, 3.05) is 38.5 Å². The van der Waals surface area contributed by atoms with Crippen molar-refractivity contribution in [2.24, 2.45) is 5.41 Å². The summed E-state index contributed by atoms with van der Waals surface area (Å²) in [5, 5.41) is 0. The SMILES string of the molecule is CC(C)(C)CCN1CCN(C(=O)Cc2ccc(N)cc2)CC1. The molecule has 2 N–H and O–H groups in total. The molecule has 1 amide bonds. The lowest BCUT2D eigenvalue weighted by molar-refractivity contribution is -0.132. The zero-order valence-corrected chi connectivity index (χ0v) is 14.1. The van der Waals surface area contributed by atoms with Gasteiger partial charge >= 0.3 is 0 Å². The first-order valence-corrected chi connectivity index (χ1v) is 8.18. The van der Waals surface area contributed by atoms with E-state index in [1.54, 1.807) is 0 Å². The van der Waals surface area contributed by atoms with Crippen LogP contribution >= 0.6 is 0 Å². The van der Waals surface area contributed by atoms with Crippen LogP contribution in [-0.2, 0) is 11.2 Å². The lowest BCUT2D eigenvalue weighted by atomic mass is 9.92. The Balaban J connectivity index is 1.76. The minimum Gasteiger partial charge on any atom is -0.399 e. The maximum atomic E-state index is 12.4. The minimum atomic E-state index is 0.222. The highest BCUT2D eigenvalue weighted by Crippen LogP contribution is 2.19. The van der Waals surface area contributed by atoms with Crippen molar-refractivity contribution in [1.29, 1.82) is 0 Å². The van der Waals surface area contributed by atoms with Gasteiger partial charge in [0.15, 0.2) is 0 Å². The standard InChI is InChI=1S/C18H29N3O/c1-18(2,3)8-9-20-10-12-21(13-11-20)17(22)14-15-4-6-16(19)7-5-15/h4-7H,8-14,19H2,1-3H3. The van der Waals surface area contributed by atoms with Crippen LogP contribution in [0.25, 0.3) is 0 Å². The lowest BCUT2D eigenvalue weighted by Crippen LogP contribution is -2.49. The average Bonchev–Trinajstić information content (AvgIpc) is 2.47. The van der Waals surface area contributed by atoms with Gasteiger partial charge in [0.2, 0.25) is 5.91 Å². The van der Waals surface area contributed by atoms with Crippen LogP contribution < -0.4 is 5.73 Å². The van der Waals surface area contributed by atoms with E-state index in [9.17, 15) is 4.79 Å². The van der Waals surface area contributed by atoms with Crippen LogP contribution in [0.2, 0.25) is 0 Å². The molecule has 0 radical (unpaired) electrons. The highest BCUT2D eigenvalue weighted by molar-refractivity contribution is 5.79. The summed E-state index contributed by atoms with van der Waals surface area (Å²) in [5.74, 6) is 0.222. The first kappa shape index (κ1) is 16.8. The van der Waals surface area contributed by atoms with Gasteiger partial charge < -0.3 is 10.6 Å². The Labute approximate surface area is 134 Å². The molecule has 1 saturated heterocycles. The molecule has 22 heavy (non-hydrogen) atoms. The summed E-state index contributed by atoms with van der Waals surface area (Å²) in [6.07, 6.45) is 1.68. The highest BCUT2D eigenvalue weighted by Gasteiger charge is 2.22. The fourth-order valence-corrected chi connectivity index (χ4v) is 2.64.